The van der Waals surface area contributed by atoms with E-state index in [1.54, 1.807) is 0 Å². The zero-order valence-corrected chi connectivity index (χ0v) is 13.5. The summed E-state index contributed by atoms with van der Waals surface area (Å²) in [6, 6.07) is 3.10. The fourth-order valence-electron chi connectivity index (χ4n) is 2.66. The molecule has 0 spiro atoms. The lowest BCUT2D eigenvalue weighted by atomic mass is 9.91. The summed E-state index contributed by atoms with van der Waals surface area (Å²) in [6.07, 6.45) is 9.08. The highest BCUT2D eigenvalue weighted by Gasteiger charge is 2.34. The lowest BCUT2D eigenvalue weighted by Crippen LogP contribution is -2.45. The number of nitrogens with one attached hydrogen (secondary N) is 1. The van der Waals surface area contributed by atoms with Crippen LogP contribution in [0.2, 0.25) is 0 Å². The molecule has 116 valence electrons. The van der Waals surface area contributed by atoms with Crippen molar-refractivity contribution in [1.82, 2.24) is 19.8 Å². The first-order chi connectivity index (χ1) is 10.1. The van der Waals surface area contributed by atoms with Crippen molar-refractivity contribution in [3.63, 3.8) is 0 Å². The van der Waals surface area contributed by atoms with E-state index in [0.717, 1.165) is 38.2 Å². The largest absolute Gasteiger partial charge is 0.337 e. The van der Waals surface area contributed by atoms with Gasteiger partial charge in [-0.15, -0.1) is 0 Å². The summed E-state index contributed by atoms with van der Waals surface area (Å²) in [5, 5.41) is 13.1. The van der Waals surface area contributed by atoms with Gasteiger partial charge in [0.2, 0.25) is 0 Å². The minimum atomic E-state index is -0.328. The maximum absolute atomic E-state index is 9.52. The maximum atomic E-state index is 9.52. The number of aromatic nitrogens is 2. The second-order valence-corrected chi connectivity index (χ2v) is 6.26. The van der Waals surface area contributed by atoms with Crippen LogP contribution in [0.5, 0.6) is 0 Å². The van der Waals surface area contributed by atoms with Gasteiger partial charge in [0.25, 0.3) is 0 Å². The number of imidazole rings is 1. The van der Waals surface area contributed by atoms with Gasteiger partial charge < -0.3 is 4.57 Å². The van der Waals surface area contributed by atoms with Crippen molar-refractivity contribution in [3.8, 4) is 6.07 Å². The Morgan fingerprint density at radius 1 is 1.57 bits per heavy atom. The molecule has 2 rings (SSSR count). The van der Waals surface area contributed by atoms with Crippen molar-refractivity contribution in [2.24, 2.45) is 7.05 Å². The van der Waals surface area contributed by atoms with Gasteiger partial charge in [-0.2, -0.15) is 5.26 Å². The number of rotatable bonds is 9. The van der Waals surface area contributed by atoms with Gasteiger partial charge >= 0.3 is 0 Å². The molecule has 0 amide bonds. The van der Waals surface area contributed by atoms with Crippen LogP contribution in [0.25, 0.3) is 0 Å². The van der Waals surface area contributed by atoms with E-state index < -0.39 is 0 Å². The highest BCUT2D eigenvalue weighted by molar-refractivity contribution is 5.09. The minimum absolute atomic E-state index is 0.328. The van der Waals surface area contributed by atoms with Crippen LogP contribution in [0.4, 0.5) is 0 Å². The molecular formula is C16H27N5. The van der Waals surface area contributed by atoms with E-state index in [1.165, 1.54) is 12.8 Å². The molecule has 5 heteroatoms. The molecule has 1 atom stereocenters. The smallest absolute Gasteiger partial charge is 0.122 e. The number of nitriles is 1. The van der Waals surface area contributed by atoms with Crippen molar-refractivity contribution in [1.29, 1.82) is 5.26 Å². The molecule has 1 aliphatic rings. The Bertz CT molecular complexity index is 485. The summed E-state index contributed by atoms with van der Waals surface area (Å²) in [7, 11) is 4.14. The monoisotopic (exact) mass is 289 g/mol. The molecule has 0 radical (unpaired) electrons. The number of nitrogens with zero attached hydrogens (tertiary/aromatic N) is 4. The Hall–Kier alpha value is -1.38. The Morgan fingerprint density at radius 2 is 2.33 bits per heavy atom. The fraction of sp³-hybridized carbons (Fsp3) is 0.750. The molecule has 1 aliphatic carbocycles. The molecular weight excluding hydrogens is 262 g/mol. The van der Waals surface area contributed by atoms with Crippen molar-refractivity contribution in [2.45, 2.75) is 57.2 Å². The zero-order chi connectivity index (χ0) is 15.3. The molecule has 0 aliphatic heterocycles. The number of aryl methyl sites for hydroxylation is 1. The molecule has 1 saturated carbocycles. The zero-order valence-electron chi connectivity index (χ0n) is 13.5. The van der Waals surface area contributed by atoms with E-state index in [-0.39, 0.29) is 5.54 Å². The first-order valence-electron chi connectivity index (χ1n) is 7.92. The first kappa shape index (κ1) is 16.0. The average molecular weight is 289 g/mol. The van der Waals surface area contributed by atoms with Gasteiger partial charge in [-0.25, -0.2) is 4.98 Å². The summed E-state index contributed by atoms with van der Waals surface area (Å²) < 4.78 is 2.05. The Kier molecular flexibility index (Phi) is 5.38. The van der Waals surface area contributed by atoms with E-state index >= 15 is 0 Å². The summed E-state index contributed by atoms with van der Waals surface area (Å²) in [6.45, 7) is 3.95. The molecule has 1 aromatic heterocycles. The van der Waals surface area contributed by atoms with Gasteiger partial charge in [-0.1, -0.05) is 6.92 Å². The van der Waals surface area contributed by atoms with E-state index in [0.29, 0.717) is 6.04 Å². The molecule has 21 heavy (non-hydrogen) atoms. The van der Waals surface area contributed by atoms with Gasteiger partial charge in [0, 0.05) is 25.5 Å². The van der Waals surface area contributed by atoms with Crippen LogP contribution in [-0.2, 0) is 13.6 Å². The van der Waals surface area contributed by atoms with Gasteiger partial charge in [-0.05, 0) is 45.7 Å². The second-order valence-electron chi connectivity index (χ2n) is 6.26. The van der Waals surface area contributed by atoms with Crippen molar-refractivity contribution >= 4 is 0 Å². The molecule has 1 fully saturated rings. The molecule has 1 unspecified atom stereocenters. The normalized spacial score (nSPS) is 17.7. The first-order valence-corrected chi connectivity index (χ1v) is 7.92. The Balaban J connectivity index is 1.76. The van der Waals surface area contributed by atoms with Crippen LogP contribution < -0.4 is 5.32 Å². The lowest BCUT2D eigenvalue weighted by Gasteiger charge is -2.27. The molecule has 0 aromatic carbocycles. The highest BCUT2D eigenvalue weighted by atomic mass is 15.1. The van der Waals surface area contributed by atoms with E-state index in [1.807, 2.05) is 19.4 Å². The van der Waals surface area contributed by atoms with Crippen LogP contribution >= 0.6 is 0 Å². The van der Waals surface area contributed by atoms with Crippen LogP contribution in [0.1, 0.15) is 44.9 Å². The fourth-order valence-corrected chi connectivity index (χ4v) is 2.66. The van der Waals surface area contributed by atoms with E-state index in [9.17, 15) is 5.26 Å². The van der Waals surface area contributed by atoms with Crippen molar-refractivity contribution in [3.05, 3.63) is 18.2 Å². The van der Waals surface area contributed by atoms with Crippen LogP contribution in [0, 0.1) is 11.3 Å². The average Bonchev–Trinajstić information content (AvgIpc) is 3.20. The summed E-state index contributed by atoms with van der Waals surface area (Å²) in [5.41, 5.74) is -0.328. The van der Waals surface area contributed by atoms with Crippen LogP contribution in [0.3, 0.4) is 0 Å². The molecule has 1 N–H and O–H groups in total. The molecule has 0 saturated heterocycles. The van der Waals surface area contributed by atoms with Gasteiger partial charge in [0.05, 0.1) is 12.6 Å². The summed E-state index contributed by atoms with van der Waals surface area (Å²) >= 11 is 0. The van der Waals surface area contributed by atoms with Crippen LogP contribution in [-0.4, -0.2) is 39.6 Å². The van der Waals surface area contributed by atoms with Gasteiger partial charge in [0.1, 0.15) is 11.4 Å². The van der Waals surface area contributed by atoms with Gasteiger partial charge in [0.15, 0.2) is 0 Å². The Labute approximate surface area is 128 Å². The summed E-state index contributed by atoms with van der Waals surface area (Å²) in [4.78, 5) is 6.62. The molecule has 0 bridgehead atoms. The number of hydrogen-bond donors (Lipinski definition) is 1. The molecule has 5 nitrogen and oxygen atoms in total. The Morgan fingerprint density at radius 3 is 2.86 bits per heavy atom. The van der Waals surface area contributed by atoms with E-state index in [4.69, 9.17) is 0 Å². The quantitative estimate of drug-likeness (QED) is 0.756. The highest BCUT2D eigenvalue weighted by Crippen LogP contribution is 2.26. The third kappa shape index (κ3) is 4.55. The standard InChI is InChI=1S/C16H27N5/c1-4-16(13-17,19-14-6-7-14)8-5-10-20(2)12-15-18-9-11-21(15)3/h9,11,14,19H,4-8,10,12H2,1-3H3. The molecule has 1 aromatic rings. The third-order valence-electron chi connectivity index (χ3n) is 4.35. The summed E-state index contributed by atoms with van der Waals surface area (Å²) in [5.74, 6) is 1.08. The SMILES string of the molecule is CCC(C#N)(CCCN(C)Cc1nccn1C)NC1CC1. The topological polar surface area (TPSA) is 56.9 Å². The van der Waals surface area contributed by atoms with Crippen molar-refractivity contribution < 1.29 is 0 Å². The third-order valence-corrected chi connectivity index (χ3v) is 4.35. The maximum Gasteiger partial charge on any atom is 0.122 e. The van der Waals surface area contributed by atoms with Gasteiger partial charge in [-0.3, -0.25) is 10.2 Å². The number of hydrogen-bond acceptors (Lipinski definition) is 4. The molecule has 1 heterocycles. The minimum Gasteiger partial charge on any atom is -0.337 e. The lowest BCUT2D eigenvalue weighted by molar-refractivity contribution is 0.280. The van der Waals surface area contributed by atoms with Crippen LogP contribution in [0.15, 0.2) is 12.4 Å². The predicted octanol–water partition coefficient (Wildman–Crippen LogP) is 2.06. The second kappa shape index (κ2) is 7.06. The van der Waals surface area contributed by atoms with Crippen molar-refractivity contribution in [2.75, 3.05) is 13.6 Å². The van der Waals surface area contributed by atoms with E-state index in [2.05, 4.69) is 39.8 Å². The predicted molar refractivity (Wildman–Crippen MR) is 83.6 cm³/mol.